The summed E-state index contributed by atoms with van der Waals surface area (Å²) in [5.74, 6) is -1.40. The first-order valence-electron chi connectivity index (χ1n) is 14.4. The monoisotopic (exact) mass is 627 g/mol. The molecule has 1 aliphatic carbocycles. The lowest BCUT2D eigenvalue weighted by Crippen LogP contribution is -2.39. The zero-order valence-electron chi connectivity index (χ0n) is 23.6. The molecule has 0 saturated carbocycles. The van der Waals surface area contributed by atoms with Gasteiger partial charge in [-0.1, -0.05) is 24.6 Å². The Morgan fingerprint density at radius 2 is 1.88 bits per heavy atom. The molecule has 6 rings (SSSR count). The fraction of sp³-hybridized carbons (Fsp3) is 0.355. The number of hydrogen-bond acceptors (Lipinski definition) is 7. The molecule has 0 radical (unpaired) electrons. The van der Waals surface area contributed by atoms with Gasteiger partial charge in [-0.2, -0.15) is 0 Å². The number of aliphatic hydroxyl groups is 1. The second kappa shape index (κ2) is 12.0. The molecule has 1 saturated heterocycles. The molecule has 12 heteroatoms. The van der Waals surface area contributed by atoms with Crippen molar-refractivity contribution in [3.05, 3.63) is 76.4 Å². The van der Waals surface area contributed by atoms with E-state index in [1.807, 2.05) is 0 Å². The maximum atomic E-state index is 15.8. The number of rotatable bonds is 8. The van der Waals surface area contributed by atoms with E-state index < -0.39 is 33.4 Å². The minimum Gasteiger partial charge on any atom is -0.388 e. The smallest absolute Gasteiger partial charge is 0.262 e. The van der Waals surface area contributed by atoms with Crippen LogP contribution in [-0.4, -0.2) is 54.1 Å². The molecule has 43 heavy (non-hydrogen) atoms. The largest absolute Gasteiger partial charge is 0.388 e. The molecule has 2 heterocycles. The number of sulfonamides is 1. The van der Waals surface area contributed by atoms with Gasteiger partial charge in [0.25, 0.3) is 10.0 Å². The quantitative estimate of drug-likeness (QED) is 0.211. The first-order chi connectivity index (χ1) is 20.6. The summed E-state index contributed by atoms with van der Waals surface area (Å²) in [4.78, 5) is 11.3. The van der Waals surface area contributed by atoms with Crippen LogP contribution < -0.4 is 10.0 Å². The van der Waals surface area contributed by atoms with Gasteiger partial charge < -0.3 is 15.3 Å². The highest BCUT2D eigenvalue weighted by Crippen LogP contribution is 2.39. The van der Waals surface area contributed by atoms with Crippen molar-refractivity contribution in [3.63, 3.8) is 0 Å². The highest BCUT2D eigenvalue weighted by molar-refractivity contribution is 7.92. The van der Waals surface area contributed by atoms with Crippen molar-refractivity contribution in [1.29, 1.82) is 0 Å². The highest BCUT2D eigenvalue weighted by atomic mass is 35.5. The number of halogens is 3. The maximum absolute atomic E-state index is 15.8. The number of aromatic nitrogens is 2. The van der Waals surface area contributed by atoms with Gasteiger partial charge in [-0.15, -0.1) is 0 Å². The van der Waals surface area contributed by atoms with E-state index in [0.29, 0.717) is 40.8 Å². The number of likely N-dealkylation sites (tertiary alicyclic amines) is 1. The fourth-order valence-electron chi connectivity index (χ4n) is 6.03. The number of hydrogen-bond donors (Lipinski definition) is 3. The molecule has 0 bridgehead atoms. The van der Waals surface area contributed by atoms with Gasteiger partial charge in [0.15, 0.2) is 5.82 Å². The molecule has 1 fully saturated rings. The third kappa shape index (κ3) is 6.04. The summed E-state index contributed by atoms with van der Waals surface area (Å²) in [5, 5.41) is 14.3. The van der Waals surface area contributed by atoms with Crippen LogP contribution in [0.3, 0.4) is 0 Å². The van der Waals surface area contributed by atoms with Crippen LogP contribution in [-0.2, 0) is 16.4 Å². The van der Waals surface area contributed by atoms with E-state index in [0.717, 1.165) is 51.0 Å². The molecule has 3 N–H and O–H groups in total. The van der Waals surface area contributed by atoms with Gasteiger partial charge in [-0.25, -0.2) is 27.2 Å². The van der Waals surface area contributed by atoms with E-state index in [1.165, 1.54) is 12.1 Å². The topological polar surface area (TPSA) is 107 Å². The number of fused-ring (bicyclic) bond motifs is 2. The number of piperidine rings is 1. The van der Waals surface area contributed by atoms with Crippen LogP contribution in [0.5, 0.6) is 0 Å². The molecule has 226 valence electrons. The average molecular weight is 628 g/mol. The summed E-state index contributed by atoms with van der Waals surface area (Å²) in [7, 11) is -4.31. The predicted octanol–water partition coefficient (Wildman–Crippen LogP) is 6.30. The molecular weight excluding hydrogens is 596 g/mol. The zero-order valence-corrected chi connectivity index (χ0v) is 25.2. The van der Waals surface area contributed by atoms with Crippen molar-refractivity contribution in [2.75, 3.05) is 29.7 Å². The Labute approximate surface area is 254 Å². The summed E-state index contributed by atoms with van der Waals surface area (Å²) < 4.78 is 59.8. The highest BCUT2D eigenvalue weighted by Gasteiger charge is 2.30. The summed E-state index contributed by atoms with van der Waals surface area (Å²) in [6, 6.07) is 9.92. The number of aliphatic hydroxyl groups excluding tert-OH is 1. The summed E-state index contributed by atoms with van der Waals surface area (Å²) in [6.45, 7) is 5.34. The number of anilines is 2. The Morgan fingerprint density at radius 1 is 1.09 bits per heavy atom. The molecule has 4 aromatic rings. The van der Waals surface area contributed by atoms with Crippen LogP contribution in [0.25, 0.3) is 22.0 Å². The summed E-state index contributed by atoms with van der Waals surface area (Å²) in [6.07, 6.45) is 4.60. The molecule has 0 spiro atoms. The number of nitrogens with zero attached hydrogens (tertiary/aromatic N) is 3. The van der Waals surface area contributed by atoms with Gasteiger partial charge >= 0.3 is 0 Å². The molecular formula is C31H32ClF2N5O3S. The van der Waals surface area contributed by atoms with Crippen LogP contribution in [0.15, 0.2) is 53.6 Å². The molecule has 1 aliphatic heterocycles. The van der Waals surface area contributed by atoms with E-state index in [2.05, 4.69) is 31.8 Å². The van der Waals surface area contributed by atoms with Crippen LogP contribution in [0, 0.1) is 11.6 Å². The second-order valence-corrected chi connectivity index (χ2v) is 13.2. The first kappa shape index (κ1) is 29.7. The molecule has 1 aromatic heterocycles. The Kier molecular flexibility index (Phi) is 8.25. The van der Waals surface area contributed by atoms with Crippen LogP contribution in [0.4, 0.5) is 20.4 Å². The van der Waals surface area contributed by atoms with Crippen molar-refractivity contribution < 1.29 is 22.3 Å². The van der Waals surface area contributed by atoms with E-state index in [-0.39, 0.29) is 27.1 Å². The van der Waals surface area contributed by atoms with Gasteiger partial charge in [-0.3, -0.25) is 4.72 Å². The Hall–Kier alpha value is -3.38. The van der Waals surface area contributed by atoms with Gasteiger partial charge in [-0.05, 0) is 91.7 Å². The molecule has 0 unspecified atom stereocenters. The normalized spacial score (nSPS) is 17.7. The van der Waals surface area contributed by atoms with Gasteiger partial charge in [0, 0.05) is 35.7 Å². The van der Waals surface area contributed by atoms with Crippen molar-refractivity contribution in [2.45, 2.75) is 56.1 Å². The minimum atomic E-state index is -4.31. The van der Waals surface area contributed by atoms with Crippen LogP contribution in [0.1, 0.15) is 49.8 Å². The zero-order chi connectivity index (χ0) is 30.3. The second-order valence-electron chi connectivity index (χ2n) is 11.1. The van der Waals surface area contributed by atoms with Gasteiger partial charge in [0.05, 0.1) is 27.8 Å². The van der Waals surface area contributed by atoms with Crippen molar-refractivity contribution in [2.24, 2.45) is 0 Å². The molecule has 0 amide bonds. The first-order valence-corrected chi connectivity index (χ1v) is 16.3. The molecule has 1 atom stereocenters. The Morgan fingerprint density at radius 3 is 2.65 bits per heavy atom. The fourth-order valence-corrected chi connectivity index (χ4v) is 7.70. The predicted molar refractivity (Wildman–Crippen MR) is 164 cm³/mol. The SMILES string of the molecule is CCCN1CCC(Nc2ncc3cc(-c4c(F)ccc(NS(=O)(=O)c5cc(Cl)cc6c5CC[C@H]6O)c4F)ccc3n2)CC1. The lowest BCUT2D eigenvalue weighted by atomic mass is 10.0. The van der Waals surface area contributed by atoms with Crippen molar-refractivity contribution in [3.8, 4) is 11.1 Å². The minimum absolute atomic E-state index is 0.134. The Bertz CT molecular complexity index is 1800. The van der Waals surface area contributed by atoms with Crippen LogP contribution in [0.2, 0.25) is 5.02 Å². The van der Waals surface area contributed by atoms with Crippen molar-refractivity contribution >= 4 is 44.2 Å². The number of nitrogens with one attached hydrogen (secondary N) is 2. The van der Waals surface area contributed by atoms with E-state index in [1.54, 1.807) is 24.4 Å². The average Bonchev–Trinajstić information content (AvgIpc) is 3.35. The third-order valence-electron chi connectivity index (χ3n) is 8.19. The van der Waals surface area contributed by atoms with E-state index in [4.69, 9.17) is 11.6 Å². The van der Waals surface area contributed by atoms with E-state index >= 15 is 8.78 Å². The molecule has 3 aromatic carbocycles. The maximum Gasteiger partial charge on any atom is 0.262 e. The van der Waals surface area contributed by atoms with Gasteiger partial charge in [0.1, 0.15) is 5.82 Å². The van der Waals surface area contributed by atoms with E-state index in [9.17, 15) is 13.5 Å². The molecule has 8 nitrogen and oxygen atoms in total. The Balaban J connectivity index is 1.25. The third-order valence-corrected chi connectivity index (χ3v) is 9.84. The lowest BCUT2D eigenvalue weighted by molar-refractivity contribution is 0.180. The summed E-state index contributed by atoms with van der Waals surface area (Å²) >= 11 is 6.14. The number of benzene rings is 3. The van der Waals surface area contributed by atoms with Gasteiger partial charge in [0.2, 0.25) is 5.95 Å². The standard InChI is InChI=1S/C31H32ClF2N5O3S/c1-2-11-39-12-9-21(10-13-39)36-31-35-17-19-14-18(3-6-25(19)37-31)29-24(33)5-7-26(30(29)34)38-43(41,42)28-16-20(32)15-23-22(28)4-8-27(23)40/h3,5-7,14-17,21,27,38,40H,2,4,8-13H2,1H3,(H,35,36,37)/t27-/m1/s1. The van der Waals surface area contributed by atoms with Crippen molar-refractivity contribution in [1.82, 2.24) is 14.9 Å². The lowest BCUT2D eigenvalue weighted by Gasteiger charge is -2.32. The van der Waals surface area contributed by atoms with Crippen LogP contribution >= 0.6 is 11.6 Å². The molecule has 2 aliphatic rings. The summed E-state index contributed by atoms with van der Waals surface area (Å²) in [5.41, 5.74) is 0.890.